The van der Waals surface area contributed by atoms with Crippen LogP contribution in [0.5, 0.6) is 0 Å². The number of benzene rings is 1. The second kappa shape index (κ2) is 8.93. The summed E-state index contributed by atoms with van der Waals surface area (Å²) in [7, 11) is 1.65. The summed E-state index contributed by atoms with van der Waals surface area (Å²) in [6.07, 6.45) is 2.28. The highest BCUT2D eigenvalue weighted by Gasteiger charge is 2.27. The molecule has 154 valence electrons. The van der Waals surface area contributed by atoms with Gasteiger partial charge in [-0.05, 0) is 56.1 Å². The number of hydrogen-bond donors (Lipinski definition) is 1. The van der Waals surface area contributed by atoms with Gasteiger partial charge in [-0.3, -0.25) is 14.7 Å². The van der Waals surface area contributed by atoms with Crippen LogP contribution in [0.15, 0.2) is 36.4 Å². The molecule has 2 saturated heterocycles. The van der Waals surface area contributed by atoms with E-state index in [9.17, 15) is 4.79 Å². The van der Waals surface area contributed by atoms with Crippen molar-refractivity contribution in [2.45, 2.75) is 32.4 Å². The minimum absolute atomic E-state index is 0.0785. The van der Waals surface area contributed by atoms with E-state index in [0.717, 1.165) is 57.2 Å². The summed E-state index contributed by atoms with van der Waals surface area (Å²) in [6.45, 7) is 7.46. The molecule has 0 radical (unpaired) electrons. The van der Waals surface area contributed by atoms with Crippen LogP contribution in [0, 0.1) is 6.92 Å². The number of ether oxygens (including phenoxy) is 1. The standard InChI is InChI=1S/C23H30N4O2/c1-17-20(23(28)24-2)9-10-21(25-17)22-4-3-11-27(22)16-18-5-7-19(8-6-18)26-12-14-29-15-13-26/h5-10,22H,3-4,11-16H2,1-2H3,(H,24,28)/t22-/m0/s1. The highest BCUT2D eigenvalue weighted by molar-refractivity contribution is 5.94. The van der Waals surface area contributed by atoms with Crippen molar-refractivity contribution in [3.63, 3.8) is 0 Å². The van der Waals surface area contributed by atoms with Crippen molar-refractivity contribution in [3.8, 4) is 0 Å². The van der Waals surface area contributed by atoms with Gasteiger partial charge in [0, 0.05) is 32.4 Å². The van der Waals surface area contributed by atoms with E-state index < -0.39 is 0 Å². The lowest BCUT2D eigenvalue weighted by Crippen LogP contribution is -2.36. The fourth-order valence-corrected chi connectivity index (χ4v) is 4.36. The molecule has 0 aliphatic carbocycles. The zero-order valence-electron chi connectivity index (χ0n) is 17.4. The first-order chi connectivity index (χ1) is 14.2. The lowest BCUT2D eigenvalue weighted by Gasteiger charge is -2.29. The van der Waals surface area contributed by atoms with Crippen LogP contribution in [-0.4, -0.2) is 55.7 Å². The third-order valence-corrected chi connectivity index (χ3v) is 5.98. The van der Waals surface area contributed by atoms with Gasteiger partial charge in [0.15, 0.2) is 0 Å². The van der Waals surface area contributed by atoms with Crippen molar-refractivity contribution >= 4 is 11.6 Å². The van der Waals surface area contributed by atoms with E-state index in [1.807, 2.05) is 19.1 Å². The monoisotopic (exact) mass is 394 g/mol. The van der Waals surface area contributed by atoms with Crippen molar-refractivity contribution in [3.05, 3.63) is 58.9 Å². The van der Waals surface area contributed by atoms with E-state index in [4.69, 9.17) is 9.72 Å². The van der Waals surface area contributed by atoms with Crippen molar-refractivity contribution < 1.29 is 9.53 Å². The lowest BCUT2D eigenvalue weighted by molar-refractivity contribution is 0.0962. The number of aromatic nitrogens is 1. The number of likely N-dealkylation sites (tertiary alicyclic amines) is 1. The molecule has 2 fully saturated rings. The van der Waals surface area contributed by atoms with Crippen LogP contribution in [0.25, 0.3) is 0 Å². The molecule has 2 aliphatic rings. The highest BCUT2D eigenvalue weighted by atomic mass is 16.5. The molecule has 2 aliphatic heterocycles. The third-order valence-electron chi connectivity index (χ3n) is 5.98. The van der Waals surface area contributed by atoms with Gasteiger partial charge in [-0.2, -0.15) is 0 Å². The normalized spacial score (nSPS) is 20.1. The Hall–Kier alpha value is -2.44. The number of pyridine rings is 1. The van der Waals surface area contributed by atoms with Crippen molar-refractivity contribution in [2.24, 2.45) is 0 Å². The maximum atomic E-state index is 11.9. The van der Waals surface area contributed by atoms with Crippen LogP contribution in [0.4, 0.5) is 5.69 Å². The number of nitrogens with one attached hydrogen (secondary N) is 1. The molecule has 4 rings (SSSR count). The van der Waals surface area contributed by atoms with Gasteiger partial charge >= 0.3 is 0 Å². The summed E-state index contributed by atoms with van der Waals surface area (Å²) in [5, 5.41) is 2.68. The van der Waals surface area contributed by atoms with Gasteiger partial charge in [0.2, 0.25) is 0 Å². The second-order valence-electron chi connectivity index (χ2n) is 7.84. The Kier molecular flexibility index (Phi) is 6.11. The fraction of sp³-hybridized carbons (Fsp3) is 0.478. The molecular weight excluding hydrogens is 364 g/mol. The number of morpholine rings is 1. The lowest BCUT2D eigenvalue weighted by atomic mass is 10.1. The number of anilines is 1. The van der Waals surface area contributed by atoms with E-state index in [0.29, 0.717) is 11.6 Å². The quantitative estimate of drug-likeness (QED) is 0.845. The Labute approximate surface area is 172 Å². The SMILES string of the molecule is CNC(=O)c1ccc([C@@H]2CCCN2Cc2ccc(N3CCOCC3)cc2)nc1C. The molecule has 0 saturated carbocycles. The van der Waals surface area contributed by atoms with Crippen LogP contribution in [0.3, 0.4) is 0 Å². The molecule has 0 bridgehead atoms. The summed E-state index contributed by atoms with van der Waals surface area (Å²) >= 11 is 0. The van der Waals surface area contributed by atoms with E-state index in [2.05, 4.69) is 39.4 Å². The van der Waals surface area contributed by atoms with E-state index >= 15 is 0 Å². The molecule has 0 unspecified atom stereocenters. The van der Waals surface area contributed by atoms with Gasteiger partial charge in [0.25, 0.3) is 5.91 Å². The number of amides is 1. The van der Waals surface area contributed by atoms with Crippen molar-refractivity contribution in [2.75, 3.05) is 44.8 Å². The van der Waals surface area contributed by atoms with E-state index in [-0.39, 0.29) is 5.91 Å². The molecule has 1 aromatic carbocycles. The summed E-state index contributed by atoms with van der Waals surface area (Å²) in [4.78, 5) is 21.6. The maximum Gasteiger partial charge on any atom is 0.252 e. The van der Waals surface area contributed by atoms with E-state index in [1.165, 1.54) is 17.7 Å². The number of carbonyl (C=O) groups is 1. The van der Waals surface area contributed by atoms with Gasteiger partial charge in [0.1, 0.15) is 0 Å². The summed E-state index contributed by atoms with van der Waals surface area (Å²) in [6, 6.07) is 13.2. The molecular formula is C23H30N4O2. The second-order valence-corrected chi connectivity index (χ2v) is 7.84. The molecule has 2 aromatic rings. The molecule has 1 aromatic heterocycles. The van der Waals surface area contributed by atoms with Crippen LogP contribution in [-0.2, 0) is 11.3 Å². The van der Waals surface area contributed by atoms with Crippen molar-refractivity contribution in [1.29, 1.82) is 0 Å². The minimum atomic E-state index is -0.0785. The first kappa shape index (κ1) is 19.9. The van der Waals surface area contributed by atoms with Crippen LogP contribution in [0.1, 0.15) is 46.2 Å². The number of rotatable bonds is 5. The molecule has 3 heterocycles. The molecule has 0 spiro atoms. The largest absolute Gasteiger partial charge is 0.378 e. The van der Waals surface area contributed by atoms with Crippen LogP contribution < -0.4 is 10.2 Å². The summed E-state index contributed by atoms with van der Waals surface area (Å²) < 4.78 is 5.45. The van der Waals surface area contributed by atoms with Gasteiger partial charge in [-0.25, -0.2) is 0 Å². The van der Waals surface area contributed by atoms with Gasteiger partial charge in [0.05, 0.1) is 36.2 Å². The Bertz CT molecular complexity index is 846. The average Bonchev–Trinajstić information content (AvgIpc) is 3.22. The predicted octanol–water partition coefficient (Wildman–Crippen LogP) is 2.92. The highest BCUT2D eigenvalue weighted by Crippen LogP contribution is 2.33. The van der Waals surface area contributed by atoms with E-state index in [1.54, 1.807) is 7.05 Å². The molecule has 1 N–H and O–H groups in total. The third kappa shape index (κ3) is 4.43. The molecule has 6 nitrogen and oxygen atoms in total. The Morgan fingerprint density at radius 3 is 2.59 bits per heavy atom. The smallest absolute Gasteiger partial charge is 0.252 e. The number of hydrogen-bond acceptors (Lipinski definition) is 5. The Morgan fingerprint density at radius 2 is 1.90 bits per heavy atom. The first-order valence-electron chi connectivity index (χ1n) is 10.5. The topological polar surface area (TPSA) is 57.7 Å². The molecule has 1 atom stereocenters. The first-order valence-corrected chi connectivity index (χ1v) is 10.5. The van der Waals surface area contributed by atoms with Gasteiger partial charge in [-0.15, -0.1) is 0 Å². The zero-order chi connectivity index (χ0) is 20.2. The van der Waals surface area contributed by atoms with Crippen LogP contribution >= 0.6 is 0 Å². The Morgan fingerprint density at radius 1 is 1.14 bits per heavy atom. The molecule has 29 heavy (non-hydrogen) atoms. The summed E-state index contributed by atoms with van der Waals surface area (Å²) in [5.74, 6) is -0.0785. The summed E-state index contributed by atoms with van der Waals surface area (Å²) in [5.41, 5.74) is 5.12. The minimum Gasteiger partial charge on any atom is -0.378 e. The van der Waals surface area contributed by atoms with Crippen molar-refractivity contribution in [1.82, 2.24) is 15.2 Å². The molecule has 1 amide bonds. The zero-order valence-corrected chi connectivity index (χ0v) is 17.4. The number of aryl methyl sites for hydroxylation is 1. The fourth-order valence-electron chi connectivity index (χ4n) is 4.36. The van der Waals surface area contributed by atoms with Gasteiger partial charge in [-0.1, -0.05) is 12.1 Å². The average molecular weight is 395 g/mol. The maximum absolute atomic E-state index is 11.9. The molecule has 6 heteroatoms. The Balaban J connectivity index is 1.45. The number of carbonyl (C=O) groups excluding carboxylic acids is 1. The number of nitrogens with zero attached hydrogens (tertiary/aromatic N) is 3. The predicted molar refractivity (Wildman–Crippen MR) is 114 cm³/mol. The van der Waals surface area contributed by atoms with Crippen LogP contribution in [0.2, 0.25) is 0 Å². The van der Waals surface area contributed by atoms with Gasteiger partial charge < -0.3 is 15.0 Å².